The molecule has 2 fully saturated rings. The number of piperidine rings is 2. The molecule has 7 heteroatoms. The van der Waals surface area contributed by atoms with Crippen LogP contribution in [0.1, 0.15) is 41.7 Å². The zero-order chi connectivity index (χ0) is 21.6. The summed E-state index contributed by atoms with van der Waals surface area (Å²) in [5.74, 6) is 1.10. The van der Waals surface area contributed by atoms with Crippen LogP contribution in [0.5, 0.6) is 0 Å². The van der Waals surface area contributed by atoms with Gasteiger partial charge in [0.25, 0.3) is 5.91 Å². The van der Waals surface area contributed by atoms with Gasteiger partial charge in [-0.15, -0.1) is 10.2 Å². The van der Waals surface area contributed by atoms with Crippen LogP contribution >= 0.6 is 0 Å². The molecule has 2 aliphatic heterocycles. The molecule has 2 saturated heterocycles. The Morgan fingerprint density at radius 3 is 2.26 bits per heavy atom. The lowest BCUT2D eigenvalue weighted by molar-refractivity contribution is -0.146. The van der Waals surface area contributed by atoms with Gasteiger partial charge in [0.05, 0.1) is 13.0 Å². The Bertz CT molecular complexity index is 871. The predicted octanol–water partition coefficient (Wildman–Crippen LogP) is 2.96. The number of benzene rings is 1. The Hall–Kier alpha value is -2.96. The SMILES string of the molecule is COC(=O)C1CCN(C(=O)c2ccc(N3CCC(Cc4ccccc4)CC3)nn2)CC1. The van der Waals surface area contributed by atoms with Crippen molar-refractivity contribution >= 4 is 17.7 Å². The molecule has 1 amide bonds. The second kappa shape index (κ2) is 9.90. The fourth-order valence-electron chi connectivity index (χ4n) is 4.57. The first-order valence-electron chi connectivity index (χ1n) is 11.1. The van der Waals surface area contributed by atoms with Crippen molar-refractivity contribution in [2.75, 3.05) is 38.2 Å². The van der Waals surface area contributed by atoms with E-state index in [0.717, 1.165) is 38.2 Å². The number of anilines is 1. The normalized spacial score (nSPS) is 18.1. The minimum absolute atomic E-state index is 0.118. The predicted molar refractivity (Wildman–Crippen MR) is 118 cm³/mol. The maximum absolute atomic E-state index is 12.7. The first-order valence-corrected chi connectivity index (χ1v) is 11.1. The van der Waals surface area contributed by atoms with Gasteiger partial charge in [0.1, 0.15) is 0 Å². The van der Waals surface area contributed by atoms with Crippen molar-refractivity contribution in [3.63, 3.8) is 0 Å². The number of ether oxygens (including phenoxy) is 1. The van der Waals surface area contributed by atoms with Crippen LogP contribution in [0.3, 0.4) is 0 Å². The van der Waals surface area contributed by atoms with E-state index in [1.54, 1.807) is 11.0 Å². The number of carbonyl (C=O) groups excluding carboxylic acids is 2. The monoisotopic (exact) mass is 422 g/mol. The van der Waals surface area contributed by atoms with Crippen LogP contribution in [0.4, 0.5) is 5.82 Å². The van der Waals surface area contributed by atoms with Crippen molar-refractivity contribution < 1.29 is 14.3 Å². The van der Waals surface area contributed by atoms with Gasteiger partial charge in [-0.1, -0.05) is 30.3 Å². The molecule has 4 rings (SSSR count). The zero-order valence-corrected chi connectivity index (χ0v) is 18.1. The standard InChI is InChI=1S/C24H30N4O3/c1-31-24(30)20-11-15-28(16-12-20)23(29)21-7-8-22(26-25-21)27-13-9-19(10-14-27)17-18-5-3-2-4-6-18/h2-8,19-20H,9-17H2,1H3. The Morgan fingerprint density at radius 1 is 0.935 bits per heavy atom. The van der Waals surface area contributed by atoms with Crippen LogP contribution in [0.25, 0.3) is 0 Å². The molecule has 0 radical (unpaired) electrons. The summed E-state index contributed by atoms with van der Waals surface area (Å²) >= 11 is 0. The molecular formula is C24H30N4O3. The van der Waals surface area contributed by atoms with Crippen molar-refractivity contribution in [1.82, 2.24) is 15.1 Å². The summed E-state index contributed by atoms with van der Waals surface area (Å²) in [5.41, 5.74) is 1.76. The van der Waals surface area contributed by atoms with Crippen molar-refractivity contribution in [3.8, 4) is 0 Å². The van der Waals surface area contributed by atoms with E-state index in [0.29, 0.717) is 37.5 Å². The summed E-state index contributed by atoms with van der Waals surface area (Å²) in [6, 6.07) is 14.3. The number of hydrogen-bond donors (Lipinski definition) is 0. The maximum Gasteiger partial charge on any atom is 0.308 e. The molecule has 0 atom stereocenters. The summed E-state index contributed by atoms with van der Waals surface area (Å²) < 4.78 is 4.81. The third-order valence-electron chi connectivity index (χ3n) is 6.49. The number of methoxy groups -OCH3 is 1. The maximum atomic E-state index is 12.7. The van der Waals surface area contributed by atoms with E-state index in [1.807, 2.05) is 6.07 Å². The number of hydrogen-bond acceptors (Lipinski definition) is 6. The van der Waals surface area contributed by atoms with E-state index in [2.05, 4.69) is 45.4 Å². The molecule has 0 N–H and O–H groups in total. The van der Waals surface area contributed by atoms with Crippen molar-refractivity contribution in [3.05, 3.63) is 53.7 Å². The molecule has 1 aromatic carbocycles. The minimum Gasteiger partial charge on any atom is -0.469 e. The van der Waals surface area contributed by atoms with Crippen LogP contribution < -0.4 is 4.90 Å². The third kappa shape index (κ3) is 5.21. The fraction of sp³-hybridized carbons (Fsp3) is 0.500. The number of carbonyl (C=O) groups is 2. The highest BCUT2D eigenvalue weighted by molar-refractivity contribution is 5.92. The Balaban J connectivity index is 1.28. The highest BCUT2D eigenvalue weighted by atomic mass is 16.5. The molecule has 0 bridgehead atoms. The zero-order valence-electron chi connectivity index (χ0n) is 18.1. The number of amides is 1. The Labute approximate surface area is 183 Å². The topological polar surface area (TPSA) is 75.6 Å². The lowest BCUT2D eigenvalue weighted by atomic mass is 9.90. The number of esters is 1. The Morgan fingerprint density at radius 2 is 1.65 bits per heavy atom. The minimum atomic E-state index is -0.191. The van der Waals surface area contributed by atoms with Crippen LogP contribution in [-0.4, -0.2) is 60.3 Å². The lowest BCUT2D eigenvalue weighted by Gasteiger charge is -2.33. The third-order valence-corrected chi connectivity index (χ3v) is 6.49. The summed E-state index contributed by atoms with van der Waals surface area (Å²) in [7, 11) is 1.41. The van der Waals surface area contributed by atoms with Crippen LogP contribution in [-0.2, 0) is 16.0 Å². The van der Waals surface area contributed by atoms with Crippen molar-refractivity contribution in [2.45, 2.75) is 32.1 Å². The Kier molecular flexibility index (Phi) is 6.79. The van der Waals surface area contributed by atoms with E-state index < -0.39 is 0 Å². The van der Waals surface area contributed by atoms with E-state index >= 15 is 0 Å². The molecule has 31 heavy (non-hydrogen) atoms. The van der Waals surface area contributed by atoms with Gasteiger partial charge >= 0.3 is 5.97 Å². The number of nitrogens with zero attached hydrogens (tertiary/aromatic N) is 4. The highest BCUT2D eigenvalue weighted by Crippen LogP contribution is 2.25. The van der Waals surface area contributed by atoms with Gasteiger partial charge in [0, 0.05) is 26.2 Å². The molecule has 3 heterocycles. The first-order chi connectivity index (χ1) is 15.1. The molecule has 0 spiro atoms. The van der Waals surface area contributed by atoms with Gasteiger partial charge in [-0.05, 0) is 55.7 Å². The van der Waals surface area contributed by atoms with Crippen molar-refractivity contribution in [1.29, 1.82) is 0 Å². The number of rotatable bonds is 5. The summed E-state index contributed by atoms with van der Waals surface area (Å²) in [5, 5.41) is 8.55. The smallest absolute Gasteiger partial charge is 0.308 e. The van der Waals surface area contributed by atoms with Crippen molar-refractivity contribution in [2.24, 2.45) is 11.8 Å². The van der Waals surface area contributed by atoms with Gasteiger partial charge in [-0.2, -0.15) is 0 Å². The molecule has 1 aromatic heterocycles. The van der Waals surface area contributed by atoms with E-state index in [9.17, 15) is 9.59 Å². The average Bonchev–Trinajstić information content (AvgIpc) is 2.84. The molecule has 2 aromatic rings. The van der Waals surface area contributed by atoms with Crippen LogP contribution in [0, 0.1) is 11.8 Å². The molecule has 164 valence electrons. The molecular weight excluding hydrogens is 392 g/mol. The van der Waals surface area contributed by atoms with Gasteiger partial charge in [-0.25, -0.2) is 0 Å². The first kappa shape index (κ1) is 21.3. The summed E-state index contributed by atoms with van der Waals surface area (Å²) in [4.78, 5) is 28.4. The molecule has 2 aliphatic rings. The summed E-state index contributed by atoms with van der Waals surface area (Å²) in [6.07, 6.45) is 4.64. The molecule has 0 saturated carbocycles. The van der Waals surface area contributed by atoms with E-state index in [1.165, 1.54) is 12.7 Å². The van der Waals surface area contributed by atoms with Gasteiger partial charge in [0.15, 0.2) is 11.5 Å². The van der Waals surface area contributed by atoms with E-state index in [-0.39, 0.29) is 17.8 Å². The largest absolute Gasteiger partial charge is 0.469 e. The second-order valence-electron chi connectivity index (χ2n) is 8.49. The van der Waals surface area contributed by atoms with Gasteiger partial charge in [0.2, 0.25) is 0 Å². The molecule has 0 unspecified atom stereocenters. The van der Waals surface area contributed by atoms with Gasteiger partial charge in [-0.3, -0.25) is 9.59 Å². The quantitative estimate of drug-likeness (QED) is 0.690. The molecule has 0 aliphatic carbocycles. The molecule has 7 nitrogen and oxygen atoms in total. The number of likely N-dealkylation sites (tertiary alicyclic amines) is 1. The van der Waals surface area contributed by atoms with Crippen LogP contribution in [0.2, 0.25) is 0 Å². The lowest BCUT2D eigenvalue weighted by Crippen LogP contribution is -2.41. The van der Waals surface area contributed by atoms with Crippen LogP contribution in [0.15, 0.2) is 42.5 Å². The highest BCUT2D eigenvalue weighted by Gasteiger charge is 2.29. The van der Waals surface area contributed by atoms with E-state index in [4.69, 9.17) is 4.74 Å². The number of aromatic nitrogens is 2. The average molecular weight is 423 g/mol. The fourth-order valence-corrected chi connectivity index (χ4v) is 4.57. The summed E-state index contributed by atoms with van der Waals surface area (Å²) in [6.45, 7) is 2.99. The second-order valence-corrected chi connectivity index (χ2v) is 8.49. The van der Waals surface area contributed by atoms with Gasteiger partial charge < -0.3 is 14.5 Å².